The molecule has 0 aromatic carbocycles. The molecular weight excluding hydrogens is 206 g/mol. The van der Waals surface area contributed by atoms with Crippen molar-refractivity contribution in [3.8, 4) is 0 Å². The second kappa shape index (κ2) is 7.64. The van der Waals surface area contributed by atoms with Crippen LogP contribution in [0.4, 0.5) is 0 Å². The summed E-state index contributed by atoms with van der Waals surface area (Å²) in [7, 11) is -2.77. The van der Waals surface area contributed by atoms with Gasteiger partial charge in [-0.1, -0.05) is 0 Å². The highest BCUT2D eigenvalue weighted by Gasteiger charge is 1.99. The molecule has 0 heterocycles. The van der Waals surface area contributed by atoms with E-state index in [1.54, 1.807) is 0 Å². The van der Waals surface area contributed by atoms with E-state index in [0.29, 0.717) is 5.75 Å². The Morgan fingerprint density at radius 3 is 2.38 bits per heavy atom. The number of thioether (sulfide) groups is 1. The van der Waals surface area contributed by atoms with Gasteiger partial charge in [-0.3, -0.25) is 0 Å². The van der Waals surface area contributed by atoms with Crippen LogP contribution in [0.1, 0.15) is 12.8 Å². The van der Waals surface area contributed by atoms with Gasteiger partial charge in [-0.2, -0.15) is 11.8 Å². The minimum absolute atomic E-state index is 0.294. The normalized spacial score (nSPS) is 11.8. The predicted molar refractivity (Wildman–Crippen MR) is 60.2 cm³/mol. The van der Waals surface area contributed by atoms with Gasteiger partial charge in [-0.25, -0.2) is 8.42 Å². The number of nitrogens with one attached hydrogen (secondary N) is 1. The quantitative estimate of drug-likeness (QED) is 0.620. The summed E-state index contributed by atoms with van der Waals surface area (Å²) in [5.74, 6) is 1.46. The Morgan fingerprint density at radius 1 is 1.23 bits per heavy atom. The minimum atomic E-state index is -2.77. The molecule has 0 aromatic rings. The molecule has 0 fully saturated rings. The third kappa shape index (κ3) is 12.3. The lowest BCUT2D eigenvalue weighted by molar-refractivity contribution is 0.594. The van der Waals surface area contributed by atoms with Crippen LogP contribution in [0.5, 0.6) is 0 Å². The highest BCUT2D eigenvalue weighted by Crippen LogP contribution is 1.93. The highest BCUT2D eigenvalue weighted by atomic mass is 32.2. The van der Waals surface area contributed by atoms with Crippen molar-refractivity contribution in [2.24, 2.45) is 0 Å². The summed E-state index contributed by atoms with van der Waals surface area (Å²) in [6.07, 6.45) is 5.24. The van der Waals surface area contributed by atoms with Gasteiger partial charge >= 0.3 is 0 Å². The molecule has 80 valence electrons. The lowest BCUT2D eigenvalue weighted by atomic mass is 10.4. The standard InChI is InChI=1S/C8H19NO2S2/c1-12-7-3-5-9-6-4-8-13(2,10)11/h9H,3-8H2,1-2H3. The van der Waals surface area contributed by atoms with Gasteiger partial charge in [0, 0.05) is 6.26 Å². The minimum Gasteiger partial charge on any atom is -0.317 e. The van der Waals surface area contributed by atoms with Gasteiger partial charge in [0.25, 0.3) is 0 Å². The maximum absolute atomic E-state index is 10.7. The molecule has 0 saturated heterocycles. The average molecular weight is 225 g/mol. The van der Waals surface area contributed by atoms with E-state index in [2.05, 4.69) is 11.6 Å². The molecule has 0 amide bonds. The van der Waals surface area contributed by atoms with Crippen LogP contribution in [0.3, 0.4) is 0 Å². The summed E-state index contributed by atoms with van der Waals surface area (Å²) in [4.78, 5) is 0. The lowest BCUT2D eigenvalue weighted by Crippen LogP contribution is -2.19. The van der Waals surface area contributed by atoms with Gasteiger partial charge in [0.15, 0.2) is 0 Å². The van der Waals surface area contributed by atoms with Crippen molar-refractivity contribution in [3.63, 3.8) is 0 Å². The molecule has 0 bridgehead atoms. The topological polar surface area (TPSA) is 46.2 Å². The van der Waals surface area contributed by atoms with E-state index < -0.39 is 9.84 Å². The first-order valence-corrected chi connectivity index (χ1v) is 7.89. The van der Waals surface area contributed by atoms with E-state index in [4.69, 9.17) is 0 Å². The molecule has 0 aliphatic heterocycles. The fourth-order valence-electron chi connectivity index (χ4n) is 0.926. The molecule has 0 rings (SSSR count). The van der Waals surface area contributed by atoms with Crippen molar-refractivity contribution in [1.29, 1.82) is 0 Å². The van der Waals surface area contributed by atoms with Crippen LogP contribution in [-0.4, -0.2) is 45.5 Å². The molecular formula is C8H19NO2S2. The van der Waals surface area contributed by atoms with Gasteiger partial charge in [0.1, 0.15) is 9.84 Å². The molecule has 5 heteroatoms. The summed E-state index contributed by atoms with van der Waals surface area (Å²) in [6.45, 7) is 1.80. The van der Waals surface area contributed by atoms with E-state index in [-0.39, 0.29) is 0 Å². The molecule has 0 aliphatic carbocycles. The van der Waals surface area contributed by atoms with E-state index in [0.717, 1.165) is 25.9 Å². The van der Waals surface area contributed by atoms with Crippen LogP contribution in [0.15, 0.2) is 0 Å². The van der Waals surface area contributed by atoms with Crippen LogP contribution < -0.4 is 5.32 Å². The van der Waals surface area contributed by atoms with Crippen LogP contribution in [0.2, 0.25) is 0 Å². The Balaban J connectivity index is 3.09. The van der Waals surface area contributed by atoms with Crippen molar-refractivity contribution < 1.29 is 8.42 Å². The lowest BCUT2D eigenvalue weighted by Gasteiger charge is -2.02. The summed E-state index contributed by atoms with van der Waals surface area (Å²) in [5.41, 5.74) is 0. The Labute approximate surface area is 85.6 Å². The van der Waals surface area contributed by atoms with E-state index >= 15 is 0 Å². The summed E-state index contributed by atoms with van der Waals surface area (Å²) >= 11 is 1.83. The Kier molecular flexibility index (Phi) is 7.80. The molecule has 0 saturated carbocycles. The highest BCUT2D eigenvalue weighted by molar-refractivity contribution is 7.98. The summed E-state index contributed by atoms with van der Waals surface area (Å²) in [5, 5.41) is 3.22. The van der Waals surface area contributed by atoms with Crippen LogP contribution in [0, 0.1) is 0 Å². The first kappa shape index (κ1) is 13.3. The van der Waals surface area contributed by atoms with Gasteiger partial charge < -0.3 is 5.32 Å². The van der Waals surface area contributed by atoms with Gasteiger partial charge in [0.05, 0.1) is 5.75 Å². The zero-order valence-electron chi connectivity index (χ0n) is 8.38. The molecule has 0 aliphatic rings. The number of sulfone groups is 1. The summed E-state index contributed by atoms with van der Waals surface area (Å²) < 4.78 is 21.5. The van der Waals surface area contributed by atoms with Crippen molar-refractivity contribution >= 4 is 21.6 Å². The monoisotopic (exact) mass is 225 g/mol. The second-order valence-corrected chi connectivity index (χ2v) is 6.33. The third-order valence-corrected chi connectivity index (χ3v) is 3.30. The molecule has 0 aromatic heterocycles. The van der Waals surface area contributed by atoms with E-state index in [1.165, 1.54) is 12.0 Å². The van der Waals surface area contributed by atoms with Gasteiger partial charge in [-0.15, -0.1) is 0 Å². The Bertz CT molecular complexity index is 202. The largest absolute Gasteiger partial charge is 0.317 e. The van der Waals surface area contributed by atoms with Crippen molar-refractivity contribution in [2.45, 2.75) is 12.8 Å². The molecule has 0 spiro atoms. The average Bonchev–Trinajstić information content (AvgIpc) is 2.01. The number of hydrogen-bond donors (Lipinski definition) is 1. The first-order chi connectivity index (χ1) is 6.06. The fourth-order valence-corrected chi connectivity index (χ4v) is 2.03. The number of rotatable bonds is 8. The van der Waals surface area contributed by atoms with E-state index in [1.807, 2.05) is 11.8 Å². The molecule has 1 N–H and O–H groups in total. The van der Waals surface area contributed by atoms with Gasteiger partial charge in [-0.05, 0) is 37.9 Å². The van der Waals surface area contributed by atoms with Crippen molar-refractivity contribution in [1.82, 2.24) is 5.32 Å². The van der Waals surface area contributed by atoms with Gasteiger partial charge in [0.2, 0.25) is 0 Å². The molecule has 13 heavy (non-hydrogen) atoms. The Hall–Kier alpha value is 0.260. The maximum atomic E-state index is 10.7. The maximum Gasteiger partial charge on any atom is 0.147 e. The molecule has 0 unspecified atom stereocenters. The zero-order chi connectivity index (χ0) is 10.2. The third-order valence-electron chi connectivity index (χ3n) is 1.57. The van der Waals surface area contributed by atoms with E-state index in [9.17, 15) is 8.42 Å². The molecule has 0 radical (unpaired) electrons. The first-order valence-electron chi connectivity index (χ1n) is 4.43. The number of hydrogen-bond acceptors (Lipinski definition) is 4. The van der Waals surface area contributed by atoms with Crippen molar-refractivity contribution in [2.75, 3.05) is 37.1 Å². The van der Waals surface area contributed by atoms with Crippen LogP contribution in [0.25, 0.3) is 0 Å². The van der Waals surface area contributed by atoms with Crippen LogP contribution >= 0.6 is 11.8 Å². The summed E-state index contributed by atoms with van der Waals surface area (Å²) in [6, 6.07) is 0. The molecule has 3 nitrogen and oxygen atoms in total. The van der Waals surface area contributed by atoms with Crippen molar-refractivity contribution in [3.05, 3.63) is 0 Å². The molecule has 0 atom stereocenters. The second-order valence-electron chi connectivity index (χ2n) is 3.08. The fraction of sp³-hybridized carbons (Fsp3) is 1.00. The zero-order valence-corrected chi connectivity index (χ0v) is 10.0. The van der Waals surface area contributed by atoms with Crippen LogP contribution in [-0.2, 0) is 9.84 Å². The smallest absolute Gasteiger partial charge is 0.147 e. The Morgan fingerprint density at radius 2 is 1.85 bits per heavy atom. The SMILES string of the molecule is CSCCCNCCCS(C)(=O)=O. The predicted octanol–water partition coefficient (Wildman–Crippen LogP) is 0.764.